The maximum absolute atomic E-state index is 11.8. The first-order chi connectivity index (χ1) is 10.2. The Bertz CT molecular complexity index is 485. The minimum atomic E-state index is -0.191. The number of rotatable bonds is 6. The Kier molecular flexibility index (Phi) is 5.78. The largest absolute Gasteiger partial charge is 0.396 e. The number of benzene rings is 1. The first-order valence-corrected chi connectivity index (χ1v) is 7.11. The van der Waals surface area contributed by atoms with Crippen molar-refractivity contribution < 1.29 is 14.6 Å². The van der Waals surface area contributed by atoms with Crippen LogP contribution in [0.15, 0.2) is 36.4 Å². The summed E-state index contributed by atoms with van der Waals surface area (Å²) in [5, 5.41) is 14.8. The van der Waals surface area contributed by atoms with E-state index in [9.17, 15) is 4.79 Å². The Balaban J connectivity index is 1.72. The number of carbonyl (C=O) groups excluding carboxylic acids is 1. The molecule has 21 heavy (non-hydrogen) atoms. The van der Waals surface area contributed by atoms with Gasteiger partial charge in [0.05, 0.1) is 6.61 Å². The average molecular weight is 290 g/mol. The van der Waals surface area contributed by atoms with Crippen molar-refractivity contribution in [2.24, 2.45) is 5.92 Å². The molecule has 2 rings (SSSR count). The molecule has 0 bridgehead atoms. The van der Waals surface area contributed by atoms with Gasteiger partial charge in [0.1, 0.15) is 0 Å². The second-order valence-corrected chi connectivity index (χ2v) is 5.25. The average Bonchev–Trinajstić information content (AvgIpc) is 2.94. The third-order valence-electron chi connectivity index (χ3n) is 3.51. The number of aliphatic hydroxyl groups excluding tert-OH is 1. The van der Waals surface area contributed by atoms with Gasteiger partial charge in [0, 0.05) is 32.2 Å². The monoisotopic (exact) mass is 290 g/mol. The van der Waals surface area contributed by atoms with Gasteiger partial charge in [-0.3, -0.25) is 0 Å². The Morgan fingerprint density at radius 3 is 2.62 bits per heavy atom. The van der Waals surface area contributed by atoms with Crippen LogP contribution in [0.2, 0.25) is 0 Å². The normalized spacial score (nSPS) is 20.5. The molecule has 1 aliphatic rings. The first kappa shape index (κ1) is 15.5. The molecular formula is C16H22N2O3. The third-order valence-corrected chi connectivity index (χ3v) is 3.51. The minimum absolute atomic E-state index is 0.00577. The van der Waals surface area contributed by atoms with Gasteiger partial charge in [0.25, 0.3) is 0 Å². The molecule has 0 radical (unpaired) electrons. The molecule has 1 aromatic rings. The number of hydrogen-bond donors (Lipinski definition) is 3. The van der Waals surface area contributed by atoms with Crippen LogP contribution < -0.4 is 10.6 Å². The smallest absolute Gasteiger partial charge is 0.315 e. The molecule has 0 heterocycles. The highest BCUT2D eigenvalue weighted by Crippen LogP contribution is 2.16. The van der Waals surface area contributed by atoms with Gasteiger partial charge in [-0.25, -0.2) is 4.79 Å². The Morgan fingerprint density at radius 2 is 2.00 bits per heavy atom. The third kappa shape index (κ3) is 4.88. The SMILES string of the molecule is COCc1ccc(CNC(=O)N[C@@H]2C=C[C@H](CO)C2)cc1. The van der Waals surface area contributed by atoms with E-state index in [2.05, 4.69) is 10.6 Å². The number of amides is 2. The molecule has 3 N–H and O–H groups in total. The van der Waals surface area contributed by atoms with E-state index in [0.29, 0.717) is 13.2 Å². The summed E-state index contributed by atoms with van der Waals surface area (Å²) in [4.78, 5) is 11.8. The molecule has 2 amide bonds. The molecule has 5 nitrogen and oxygen atoms in total. The topological polar surface area (TPSA) is 70.6 Å². The van der Waals surface area contributed by atoms with Crippen LogP contribution in [0.1, 0.15) is 17.5 Å². The Hall–Kier alpha value is -1.85. The van der Waals surface area contributed by atoms with Gasteiger partial charge >= 0.3 is 6.03 Å². The van der Waals surface area contributed by atoms with E-state index in [1.807, 2.05) is 36.4 Å². The van der Waals surface area contributed by atoms with Crippen molar-refractivity contribution >= 4 is 6.03 Å². The highest BCUT2D eigenvalue weighted by Gasteiger charge is 2.19. The number of ether oxygens (including phenoxy) is 1. The van der Waals surface area contributed by atoms with Crippen molar-refractivity contribution in [3.05, 3.63) is 47.5 Å². The molecule has 2 atom stereocenters. The van der Waals surface area contributed by atoms with Crippen molar-refractivity contribution in [3.63, 3.8) is 0 Å². The van der Waals surface area contributed by atoms with E-state index in [0.717, 1.165) is 17.5 Å². The summed E-state index contributed by atoms with van der Waals surface area (Å²) in [6, 6.07) is 7.75. The molecular weight excluding hydrogens is 268 g/mol. The number of hydrogen-bond acceptors (Lipinski definition) is 3. The van der Waals surface area contributed by atoms with Gasteiger partial charge in [0.15, 0.2) is 0 Å². The highest BCUT2D eigenvalue weighted by atomic mass is 16.5. The summed E-state index contributed by atoms with van der Waals surface area (Å²) in [7, 11) is 1.67. The Morgan fingerprint density at radius 1 is 1.29 bits per heavy atom. The quantitative estimate of drug-likeness (QED) is 0.696. The number of urea groups is 1. The second kappa shape index (κ2) is 7.81. The van der Waals surface area contributed by atoms with Crippen LogP contribution in [0.5, 0.6) is 0 Å². The van der Waals surface area contributed by atoms with E-state index in [1.54, 1.807) is 7.11 Å². The molecule has 1 aromatic carbocycles. The van der Waals surface area contributed by atoms with E-state index in [4.69, 9.17) is 9.84 Å². The summed E-state index contributed by atoms with van der Waals surface area (Å²) in [6.07, 6.45) is 4.63. The molecule has 5 heteroatoms. The summed E-state index contributed by atoms with van der Waals surface area (Å²) in [6.45, 7) is 1.21. The highest BCUT2D eigenvalue weighted by molar-refractivity contribution is 5.74. The van der Waals surface area contributed by atoms with Crippen molar-refractivity contribution in [3.8, 4) is 0 Å². The lowest BCUT2D eigenvalue weighted by atomic mass is 10.1. The standard InChI is InChI=1S/C16H22N2O3/c1-21-11-13-4-2-12(3-5-13)9-17-16(20)18-15-7-6-14(8-15)10-19/h2-7,14-15,19H,8-11H2,1H3,(H2,17,18,20)/t14-,15+/m0/s1. The number of nitrogens with one attached hydrogen (secondary N) is 2. The number of methoxy groups -OCH3 is 1. The summed E-state index contributed by atoms with van der Waals surface area (Å²) in [5.74, 6) is 0.156. The molecule has 1 aliphatic carbocycles. The molecule has 0 unspecified atom stereocenters. The molecule has 0 saturated carbocycles. The van der Waals surface area contributed by atoms with Crippen LogP contribution in [0.25, 0.3) is 0 Å². The Labute approximate surface area is 125 Å². The fraction of sp³-hybridized carbons (Fsp3) is 0.438. The summed E-state index contributed by atoms with van der Waals surface area (Å²) >= 11 is 0. The molecule has 0 aliphatic heterocycles. The predicted molar refractivity (Wildman–Crippen MR) is 80.6 cm³/mol. The fourth-order valence-corrected chi connectivity index (χ4v) is 2.34. The molecule has 0 aromatic heterocycles. The lowest BCUT2D eigenvalue weighted by Crippen LogP contribution is -2.40. The first-order valence-electron chi connectivity index (χ1n) is 7.11. The van der Waals surface area contributed by atoms with Gasteiger partial charge < -0.3 is 20.5 Å². The van der Waals surface area contributed by atoms with E-state index in [-0.39, 0.29) is 24.6 Å². The summed E-state index contributed by atoms with van der Waals surface area (Å²) in [5.41, 5.74) is 2.15. The van der Waals surface area contributed by atoms with Crippen LogP contribution in [0.4, 0.5) is 4.79 Å². The van der Waals surface area contributed by atoms with Crippen molar-refractivity contribution in [1.29, 1.82) is 0 Å². The van der Waals surface area contributed by atoms with Crippen LogP contribution in [0, 0.1) is 5.92 Å². The van der Waals surface area contributed by atoms with Gasteiger partial charge in [-0.1, -0.05) is 36.4 Å². The maximum atomic E-state index is 11.8. The van der Waals surface area contributed by atoms with Gasteiger partial charge in [0.2, 0.25) is 0 Å². The zero-order valence-corrected chi connectivity index (χ0v) is 12.2. The molecule has 0 saturated heterocycles. The fourth-order valence-electron chi connectivity index (χ4n) is 2.34. The van der Waals surface area contributed by atoms with E-state index < -0.39 is 0 Å². The van der Waals surface area contributed by atoms with Crippen molar-refractivity contribution in [1.82, 2.24) is 10.6 Å². The summed E-state index contributed by atoms with van der Waals surface area (Å²) < 4.78 is 5.05. The van der Waals surface area contributed by atoms with Crippen molar-refractivity contribution in [2.75, 3.05) is 13.7 Å². The van der Waals surface area contributed by atoms with E-state index in [1.165, 1.54) is 0 Å². The van der Waals surface area contributed by atoms with Crippen LogP contribution in [-0.2, 0) is 17.9 Å². The lowest BCUT2D eigenvalue weighted by molar-refractivity contribution is 0.185. The predicted octanol–water partition coefficient (Wildman–Crippen LogP) is 1.57. The molecule has 0 spiro atoms. The number of aliphatic hydroxyl groups is 1. The zero-order chi connectivity index (χ0) is 15.1. The minimum Gasteiger partial charge on any atom is -0.396 e. The lowest BCUT2D eigenvalue weighted by Gasteiger charge is -2.13. The van der Waals surface area contributed by atoms with Crippen molar-refractivity contribution in [2.45, 2.75) is 25.6 Å². The van der Waals surface area contributed by atoms with Crippen LogP contribution >= 0.6 is 0 Å². The second-order valence-electron chi connectivity index (χ2n) is 5.25. The number of carbonyl (C=O) groups is 1. The van der Waals surface area contributed by atoms with Crippen LogP contribution in [0.3, 0.4) is 0 Å². The van der Waals surface area contributed by atoms with E-state index >= 15 is 0 Å². The van der Waals surface area contributed by atoms with Gasteiger partial charge in [-0.2, -0.15) is 0 Å². The molecule has 0 fully saturated rings. The maximum Gasteiger partial charge on any atom is 0.315 e. The van der Waals surface area contributed by atoms with Gasteiger partial charge in [-0.15, -0.1) is 0 Å². The van der Waals surface area contributed by atoms with Crippen LogP contribution in [-0.4, -0.2) is 30.9 Å². The van der Waals surface area contributed by atoms with Gasteiger partial charge in [-0.05, 0) is 17.5 Å². The molecule has 114 valence electrons. The zero-order valence-electron chi connectivity index (χ0n) is 12.2.